The summed E-state index contributed by atoms with van der Waals surface area (Å²) in [5, 5.41) is 0. The van der Waals surface area contributed by atoms with Gasteiger partial charge in [-0.1, -0.05) is 41.4 Å². The molecule has 0 aromatic carbocycles. The molecular formula is C25H51BrNP. The fourth-order valence-corrected chi connectivity index (χ4v) is 10.4. The molecule has 1 heterocycles. The molecule has 3 heteroatoms. The minimum absolute atomic E-state index is 0.402. The van der Waals surface area contributed by atoms with Crippen LogP contribution in [0, 0.1) is 0 Å². The van der Waals surface area contributed by atoms with E-state index in [-0.39, 0.29) is 0 Å². The first kappa shape index (κ1) is 28.2. The van der Waals surface area contributed by atoms with Crippen LogP contribution in [0.2, 0.25) is 0 Å². The summed E-state index contributed by atoms with van der Waals surface area (Å²) in [6, 6.07) is 0. The van der Waals surface area contributed by atoms with Crippen molar-refractivity contribution >= 4 is 23.2 Å². The van der Waals surface area contributed by atoms with E-state index >= 15 is 0 Å². The number of hydrogen-bond acceptors (Lipinski definition) is 1. The first-order valence-electron chi connectivity index (χ1n) is 12.3. The molecule has 1 rings (SSSR count). The number of nitrogens with zero attached hydrogens (tertiary/aromatic N) is 1. The Kier molecular flexibility index (Phi) is 19.3. The maximum absolute atomic E-state index is 3.57. The van der Waals surface area contributed by atoms with Crippen molar-refractivity contribution in [3.63, 3.8) is 0 Å². The predicted molar refractivity (Wildman–Crippen MR) is 140 cm³/mol. The average molecular weight is 477 g/mol. The van der Waals surface area contributed by atoms with E-state index in [2.05, 4.69) is 79.9 Å². The third kappa shape index (κ3) is 13.4. The first-order chi connectivity index (χ1) is 13.6. The van der Waals surface area contributed by atoms with E-state index in [0.29, 0.717) is 4.95 Å². The van der Waals surface area contributed by atoms with Gasteiger partial charge in [0.05, 0.1) is 0 Å². The van der Waals surface area contributed by atoms with E-state index in [9.17, 15) is 0 Å². The Hall–Kier alpha value is 0.190. The Morgan fingerprint density at radius 1 is 0.679 bits per heavy atom. The zero-order valence-electron chi connectivity index (χ0n) is 19.8. The fraction of sp³-hybridized carbons (Fsp3) is 0.840. The van der Waals surface area contributed by atoms with Gasteiger partial charge in [-0.15, -0.1) is 0 Å². The van der Waals surface area contributed by atoms with E-state index < -0.39 is 7.26 Å². The fourth-order valence-electron chi connectivity index (χ4n) is 4.00. The summed E-state index contributed by atoms with van der Waals surface area (Å²) >= 11 is 3.57. The molecule has 1 nitrogen and oxygen atoms in total. The topological polar surface area (TPSA) is 3.24 Å². The van der Waals surface area contributed by atoms with Crippen LogP contribution in [0.25, 0.3) is 0 Å². The summed E-state index contributed by atoms with van der Waals surface area (Å²) < 4.78 is 0. The van der Waals surface area contributed by atoms with E-state index in [0.717, 1.165) is 6.54 Å². The van der Waals surface area contributed by atoms with E-state index in [1.807, 2.05) is 0 Å². The molecule has 168 valence electrons. The quantitative estimate of drug-likeness (QED) is 0.130. The van der Waals surface area contributed by atoms with Crippen LogP contribution in [0.1, 0.15) is 98.8 Å². The van der Waals surface area contributed by atoms with Crippen molar-refractivity contribution in [2.24, 2.45) is 0 Å². The number of halogens is 1. The Morgan fingerprint density at radius 3 is 1.46 bits per heavy atom. The summed E-state index contributed by atoms with van der Waals surface area (Å²) in [4.78, 5) is 2.70. The van der Waals surface area contributed by atoms with Crippen molar-refractivity contribution in [3.8, 4) is 0 Å². The van der Waals surface area contributed by atoms with Crippen molar-refractivity contribution in [3.05, 3.63) is 24.4 Å². The van der Waals surface area contributed by atoms with Gasteiger partial charge in [0.15, 0.2) is 0 Å². The van der Waals surface area contributed by atoms with Gasteiger partial charge >= 0.3 is 111 Å². The van der Waals surface area contributed by atoms with Crippen LogP contribution in [0.5, 0.6) is 0 Å². The molecule has 1 aliphatic rings. The number of allylic oxidation sites excluding steroid dienone is 2. The van der Waals surface area contributed by atoms with Crippen molar-refractivity contribution < 1.29 is 0 Å². The van der Waals surface area contributed by atoms with E-state index in [1.54, 1.807) is 24.6 Å². The van der Waals surface area contributed by atoms with Crippen molar-refractivity contribution in [2.45, 2.75) is 104 Å². The maximum atomic E-state index is 3.57. The molecule has 1 aliphatic heterocycles. The second-order valence-corrected chi connectivity index (χ2v) is 14.5. The molecular weight excluding hydrogens is 425 g/mol. The summed E-state index contributed by atoms with van der Waals surface area (Å²) in [7, 11) is -0.879. The van der Waals surface area contributed by atoms with Gasteiger partial charge in [0.2, 0.25) is 0 Å². The number of unbranched alkanes of at least 4 members (excludes halogenated alkanes) is 5. The third-order valence-corrected chi connectivity index (χ3v) is 12.5. The number of alkyl halides is 1. The molecule has 0 aliphatic carbocycles. The molecule has 0 saturated heterocycles. The van der Waals surface area contributed by atoms with Crippen LogP contribution >= 0.6 is 23.2 Å². The van der Waals surface area contributed by atoms with Gasteiger partial charge in [-0.05, 0) is 12.5 Å². The van der Waals surface area contributed by atoms with Gasteiger partial charge in [-0.2, -0.15) is 0 Å². The summed E-state index contributed by atoms with van der Waals surface area (Å²) in [5.74, 6) is 0. The Morgan fingerprint density at radius 2 is 1.11 bits per heavy atom. The predicted octanol–water partition coefficient (Wildman–Crippen LogP) is 8.83. The molecule has 1 unspecified atom stereocenters. The van der Waals surface area contributed by atoms with E-state index in [4.69, 9.17) is 0 Å². The minimum atomic E-state index is -0.879. The van der Waals surface area contributed by atoms with Crippen molar-refractivity contribution in [1.29, 1.82) is 0 Å². The summed E-state index contributed by atoms with van der Waals surface area (Å²) in [5.41, 5.74) is 0. The van der Waals surface area contributed by atoms with Gasteiger partial charge in [0, 0.05) is 12.7 Å². The first-order valence-corrected chi connectivity index (χ1v) is 16.1. The molecule has 28 heavy (non-hydrogen) atoms. The zero-order chi connectivity index (χ0) is 21.1. The molecule has 0 radical (unpaired) electrons. The average Bonchev–Trinajstić information content (AvgIpc) is 2.72. The Labute approximate surface area is 187 Å². The zero-order valence-corrected chi connectivity index (χ0v) is 22.4. The molecule has 0 fully saturated rings. The van der Waals surface area contributed by atoms with E-state index in [1.165, 1.54) is 64.2 Å². The number of hydrogen-bond donors (Lipinski definition) is 0. The Balaban J connectivity index is 0.000000567. The van der Waals surface area contributed by atoms with Crippen LogP contribution in [0.3, 0.4) is 0 Å². The van der Waals surface area contributed by atoms with Gasteiger partial charge in [0.1, 0.15) is 4.95 Å². The van der Waals surface area contributed by atoms with Gasteiger partial charge < -0.3 is 4.90 Å². The SMILES string of the molecule is CCCCN1C=CC=CC1Br.CCCC[PH](CCCC)(CCCC)CCCC. The van der Waals surface area contributed by atoms with Crippen molar-refractivity contribution in [2.75, 3.05) is 31.2 Å². The monoisotopic (exact) mass is 475 g/mol. The van der Waals surface area contributed by atoms with Gasteiger partial charge in [-0.25, -0.2) is 0 Å². The van der Waals surface area contributed by atoms with Crippen LogP contribution in [0.15, 0.2) is 24.4 Å². The van der Waals surface area contributed by atoms with Crippen LogP contribution < -0.4 is 0 Å². The molecule has 0 N–H and O–H groups in total. The van der Waals surface area contributed by atoms with Gasteiger partial charge in [0.25, 0.3) is 0 Å². The second kappa shape index (κ2) is 19.2. The molecule has 0 saturated carbocycles. The molecule has 1 atom stereocenters. The van der Waals surface area contributed by atoms with Crippen molar-refractivity contribution in [1.82, 2.24) is 4.90 Å². The van der Waals surface area contributed by atoms with Crippen LogP contribution in [0.4, 0.5) is 0 Å². The molecule has 0 aromatic heterocycles. The standard InChI is InChI=1S/C16H37P.C9H14BrN/c1-5-9-13-17(14-10-6-2,15-11-7-3)16-12-8-4;1-2-3-7-11-8-5-4-6-9(11)10/h17H,5-16H2,1-4H3;4-6,8-9H,2-3,7H2,1H3. The molecule has 0 amide bonds. The second-order valence-electron chi connectivity index (χ2n) is 8.60. The molecule has 0 aromatic rings. The normalized spacial score (nSPS) is 16.8. The van der Waals surface area contributed by atoms with Crippen LogP contribution in [-0.4, -0.2) is 41.0 Å². The molecule has 0 spiro atoms. The van der Waals surface area contributed by atoms with Gasteiger partial charge in [-0.3, -0.25) is 0 Å². The van der Waals surface area contributed by atoms with Crippen LogP contribution in [-0.2, 0) is 0 Å². The summed E-state index contributed by atoms with van der Waals surface area (Å²) in [6.45, 7) is 12.8. The summed E-state index contributed by atoms with van der Waals surface area (Å²) in [6.07, 6.45) is 29.1. The molecule has 0 bridgehead atoms. The Bertz CT molecular complexity index is 356. The number of rotatable bonds is 15. The third-order valence-electron chi connectivity index (χ3n) is 5.99.